The molecular formula is C26H22F3N. The zero-order valence-corrected chi connectivity index (χ0v) is 16.7. The van der Waals surface area contributed by atoms with Crippen molar-refractivity contribution in [3.05, 3.63) is 100 Å². The van der Waals surface area contributed by atoms with E-state index in [-0.39, 0.29) is 16.8 Å². The second-order valence-corrected chi connectivity index (χ2v) is 6.99. The number of unbranched alkanes of at least 4 members (excludes halogenated alkanes) is 1. The van der Waals surface area contributed by atoms with E-state index < -0.39 is 17.5 Å². The summed E-state index contributed by atoms with van der Waals surface area (Å²) in [6.07, 6.45) is 3.08. The highest BCUT2D eigenvalue weighted by Gasteiger charge is 2.11. The molecule has 0 aliphatic rings. The van der Waals surface area contributed by atoms with Crippen molar-refractivity contribution < 1.29 is 13.2 Å². The van der Waals surface area contributed by atoms with Crippen LogP contribution in [0.15, 0.2) is 66.7 Å². The highest BCUT2D eigenvalue weighted by atomic mass is 19.2. The second kappa shape index (κ2) is 9.84. The largest absolute Gasteiger partial charge is 0.396 e. The first-order chi connectivity index (χ1) is 14.5. The van der Waals surface area contributed by atoms with Gasteiger partial charge in [-0.05, 0) is 48.7 Å². The predicted molar refractivity (Wildman–Crippen MR) is 117 cm³/mol. The Kier molecular flexibility index (Phi) is 6.98. The molecule has 3 aromatic carbocycles. The molecule has 152 valence electrons. The molecule has 2 N–H and O–H groups in total. The SMILES string of the molecule is CCCCc1ccc(/C(F)=C(\F)c2ccc(C#Cc3ccc(N)c(F)c3)cc2)cc1. The summed E-state index contributed by atoms with van der Waals surface area (Å²) in [5, 5.41) is 0. The van der Waals surface area contributed by atoms with E-state index >= 15 is 0 Å². The molecule has 0 unspecified atom stereocenters. The van der Waals surface area contributed by atoms with Crippen molar-refractivity contribution >= 4 is 17.3 Å². The third kappa shape index (κ3) is 5.33. The molecule has 1 nitrogen and oxygen atoms in total. The van der Waals surface area contributed by atoms with Crippen molar-refractivity contribution in [1.29, 1.82) is 0 Å². The van der Waals surface area contributed by atoms with E-state index in [1.54, 1.807) is 30.3 Å². The highest BCUT2D eigenvalue weighted by Crippen LogP contribution is 2.29. The average molecular weight is 405 g/mol. The zero-order valence-electron chi connectivity index (χ0n) is 16.7. The molecule has 0 saturated carbocycles. The molecule has 3 aromatic rings. The van der Waals surface area contributed by atoms with Crippen LogP contribution in [-0.2, 0) is 6.42 Å². The molecule has 3 rings (SSSR count). The number of nitrogens with two attached hydrogens (primary N) is 1. The maximum Gasteiger partial charge on any atom is 0.166 e. The number of hydrogen-bond donors (Lipinski definition) is 1. The quantitative estimate of drug-likeness (QED) is 0.278. The van der Waals surface area contributed by atoms with Crippen LogP contribution in [0.3, 0.4) is 0 Å². The summed E-state index contributed by atoms with van der Waals surface area (Å²) in [4.78, 5) is 0. The van der Waals surface area contributed by atoms with Gasteiger partial charge >= 0.3 is 0 Å². The Hall–Kier alpha value is -3.45. The van der Waals surface area contributed by atoms with Crippen molar-refractivity contribution in [3.8, 4) is 11.8 Å². The van der Waals surface area contributed by atoms with Crippen LogP contribution >= 0.6 is 0 Å². The van der Waals surface area contributed by atoms with Crippen molar-refractivity contribution in [2.75, 3.05) is 5.73 Å². The summed E-state index contributed by atoms with van der Waals surface area (Å²) in [5.74, 6) is 3.34. The summed E-state index contributed by atoms with van der Waals surface area (Å²) in [5.41, 5.74) is 8.03. The monoisotopic (exact) mass is 405 g/mol. The smallest absolute Gasteiger partial charge is 0.166 e. The van der Waals surface area contributed by atoms with Crippen LogP contribution in [0.1, 0.15) is 47.6 Å². The minimum absolute atomic E-state index is 0.0600. The van der Waals surface area contributed by atoms with E-state index in [4.69, 9.17) is 5.73 Å². The van der Waals surface area contributed by atoms with E-state index in [1.165, 1.54) is 24.3 Å². The molecular weight excluding hydrogens is 383 g/mol. The topological polar surface area (TPSA) is 26.0 Å². The van der Waals surface area contributed by atoms with E-state index in [1.807, 2.05) is 12.1 Å². The summed E-state index contributed by atoms with van der Waals surface area (Å²) >= 11 is 0. The fourth-order valence-electron chi connectivity index (χ4n) is 2.90. The van der Waals surface area contributed by atoms with Crippen LogP contribution in [-0.4, -0.2) is 0 Å². The summed E-state index contributed by atoms with van der Waals surface area (Å²) in [6, 6.07) is 17.3. The van der Waals surface area contributed by atoms with Crippen LogP contribution < -0.4 is 5.73 Å². The molecule has 0 radical (unpaired) electrons. The maximum atomic E-state index is 14.6. The lowest BCUT2D eigenvalue weighted by atomic mass is 10.0. The van der Waals surface area contributed by atoms with Crippen LogP contribution in [0.25, 0.3) is 11.7 Å². The van der Waals surface area contributed by atoms with Gasteiger partial charge in [-0.15, -0.1) is 0 Å². The molecule has 0 aliphatic carbocycles. The van der Waals surface area contributed by atoms with Crippen LogP contribution in [0.4, 0.5) is 18.9 Å². The van der Waals surface area contributed by atoms with Crippen LogP contribution in [0.5, 0.6) is 0 Å². The maximum absolute atomic E-state index is 14.6. The van der Waals surface area contributed by atoms with E-state index in [2.05, 4.69) is 18.8 Å². The minimum atomic E-state index is -0.920. The van der Waals surface area contributed by atoms with Gasteiger partial charge in [0.15, 0.2) is 11.7 Å². The van der Waals surface area contributed by atoms with Crippen molar-refractivity contribution in [3.63, 3.8) is 0 Å². The molecule has 0 spiro atoms. The first kappa shape index (κ1) is 21.3. The molecule has 0 amide bonds. The Labute approximate surface area is 175 Å². The number of halogens is 3. The Morgan fingerprint density at radius 1 is 0.800 bits per heavy atom. The van der Waals surface area contributed by atoms with Gasteiger partial charge in [-0.3, -0.25) is 0 Å². The fraction of sp³-hybridized carbons (Fsp3) is 0.154. The third-order valence-corrected chi connectivity index (χ3v) is 4.71. The Balaban J connectivity index is 1.76. The first-order valence-electron chi connectivity index (χ1n) is 9.80. The lowest BCUT2D eigenvalue weighted by Gasteiger charge is -2.05. The fourth-order valence-corrected chi connectivity index (χ4v) is 2.90. The van der Waals surface area contributed by atoms with Gasteiger partial charge in [0, 0.05) is 22.3 Å². The highest BCUT2D eigenvalue weighted by molar-refractivity contribution is 5.83. The predicted octanol–water partition coefficient (Wildman–Crippen LogP) is 6.92. The van der Waals surface area contributed by atoms with Gasteiger partial charge in [0.25, 0.3) is 0 Å². The zero-order chi connectivity index (χ0) is 21.5. The molecule has 0 heterocycles. The Morgan fingerprint density at radius 2 is 1.33 bits per heavy atom. The lowest BCUT2D eigenvalue weighted by Crippen LogP contribution is -1.90. The number of nitrogen functional groups attached to an aromatic ring is 1. The average Bonchev–Trinajstić information content (AvgIpc) is 2.78. The second-order valence-electron chi connectivity index (χ2n) is 6.99. The van der Waals surface area contributed by atoms with Crippen molar-refractivity contribution in [2.24, 2.45) is 0 Å². The summed E-state index contributed by atoms with van der Waals surface area (Å²) in [7, 11) is 0. The molecule has 0 aliphatic heterocycles. The number of anilines is 1. The third-order valence-electron chi connectivity index (χ3n) is 4.71. The normalized spacial score (nSPS) is 11.5. The molecule has 0 aromatic heterocycles. The number of aryl methyl sites for hydroxylation is 1. The minimum Gasteiger partial charge on any atom is -0.396 e. The molecule has 0 fully saturated rings. The molecule has 0 saturated heterocycles. The van der Waals surface area contributed by atoms with Gasteiger partial charge in [0.2, 0.25) is 0 Å². The Morgan fingerprint density at radius 3 is 1.90 bits per heavy atom. The molecule has 30 heavy (non-hydrogen) atoms. The lowest BCUT2D eigenvalue weighted by molar-refractivity contribution is 0.632. The molecule has 0 atom stereocenters. The van der Waals surface area contributed by atoms with Gasteiger partial charge < -0.3 is 5.73 Å². The van der Waals surface area contributed by atoms with E-state index in [0.29, 0.717) is 11.1 Å². The first-order valence-corrected chi connectivity index (χ1v) is 9.80. The molecule has 4 heteroatoms. The Bertz CT molecular complexity index is 1100. The molecule has 0 bridgehead atoms. The van der Waals surface area contributed by atoms with Gasteiger partial charge in [-0.1, -0.05) is 61.6 Å². The van der Waals surface area contributed by atoms with Gasteiger partial charge in [-0.25, -0.2) is 13.2 Å². The summed E-state index contributed by atoms with van der Waals surface area (Å²) in [6.45, 7) is 2.11. The van der Waals surface area contributed by atoms with Crippen LogP contribution in [0, 0.1) is 17.7 Å². The summed E-state index contributed by atoms with van der Waals surface area (Å²) < 4.78 is 42.6. The van der Waals surface area contributed by atoms with Gasteiger partial charge in [-0.2, -0.15) is 0 Å². The van der Waals surface area contributed by atoms with Crippen LogP contribution in [0.2, 0.25) is 0 Å². The standard InChI is InChI=1S/C26H22F3N/c1-2-3-4-18-7-12-21(13-8-18)25(28)26(29)22-14-9-19(10-15-22)5-6-20-11-16-24(30)23(27)17-20/h7-17H,2-4,30H2,1H3/b26-25+. The van der Waals surface area contributed by atoms with Crippen molar-refractivity contribution in [1.82, 2.24) is 0 Å². The number of hydrogen-bond acceptors (Lipinski definition) is 1. The van der Waals surface area contributed by atoms with E-state index in [9.17, 15) is 13.2 Å². The van der Waals surface area contributed by atoms with E-state index in [0.717, 1.165) is 24.8 Å². The van der Waals surface area contributed by atoms with Gasteiger partial charge in [0.05, 0.1) is 5.69 Å². The van der Waals surface area contributed by atoms with Gasteiger partial charge in [0.1, 0.15) is 5.82 Å². The van der Waals surface area contributed by atoms with Crippen molar-refractivity contribution in [2.45, 2.75) is 26.2 Å². The number of benzene rings is 3. The number of rotatable bonds is 5.